The third-order valence-electron chi connectivity index (χ3n) is 6.33. The molecular weight excluding hydrogens is 348 g/mol. The zero-order chi connectivity index (χ0) is 19.6. The lowest BCUT2D eigenvalue weighted by Crippen LogP contribution is -2.47. The minimum atomic E-state index is -0.257. The van der Waals surface area contributed by atoms with Crippen molar-refractivity contribution in [2.75, 3.05) is 19.6 Å². The van der Waals surface area contributed by atoms with Crippen LogP contribution in [0.25, 0.3) is 0 Å². The zero-order valence-corrected chi connectivity index (χ0v) is 16.6. The fourth-order valence-corrected chi connectivity index (χ4v) is 4.60. The molecule has 4 nitrogen and oxygen atoms in total. The first-order valence-electron chi connectivity index (χ1n) is 10.2. The van der Waals surface area contributed by atoms with Gasteiger partial charge >= 0.3 is 0 Å². The van der Waals surface area contributed by atoms with Gasteiger partial charge in [0, 0.05) is 26.2 Å². The van der Waals surface area contributed by atoms with Gasteiger partial charge in [0.2, 0.25) is 11.8 Å². The average Bonchev–Trinajstić information content (AvgIpc) is 2.99. The van der Waals surface area contributed by atoms with Crippen LogP contribution in [-0.4, -0.2) is 41.2 Å². The van der Waals surface area contributed by atoms with Crippen molar-refractivity contribution in [2.24, 2.45) is 5.41 Å². The summed E-state index contributed by atoms with van der Waals surface area (Å²) in [5, 5.41) is 0. The van der Waals surface area contributed by atoms with Crippen LogP contribution < -0.4 is 0 Å². The van der Waals surface area contributed by atoms with Crippen LogP contribution in [-0.2, 0) is 22.6 Å². The van der Waals surface area contributed by atoms with Crippen LogP contribution in [0.2, 0.25) is 0 Å². The molecule has 0 atom stereocenters. The summed E-state index contributed by atoms with van der Waals surface area (Å²) < 4.78 is 0. The summed E-state index contributed by atoms with van der Waals surface area (Å²) in [6, 6.07) is 18.3. The highest BCUT2D eigenvalue weighted by Crippen LogP contribution is 2.42. The van der Waals surface area contributed by atoms with Gasteiger partial charge in [-0.05, 0) is 37.3 Å². The van der Waals surface area contributed by atoms with Crippen molar-refractivity contribution in [1.82, 2.24) is 9.80 Å². The number of piperidine rings is 1. The van der Waals surface area contributed by atoms with Crippen LogP contribution in [0.1, 0.15) is 36.0 Å². The maximum atomic E-state index is 13.2. The maximum Gasteiger partial charge on any atom is 0.229 e. The molecular formula is C24H28N2O2. The van der Waals surface area contributed by atoms with Gasteiger partial charge < -0.3 is 9.80 Å². The molecule has 28 heavy (non-hydrogen) atoms. The van der Waals surface area contributed by atoms with Crippen LogP contribution in [0, 0.1) is 12.3 Å². The Labute approximate surface area is 167 Å². The molecule has 2 amide bonds. The Morgan fingerprint density at radius 2 is 1.61 bits per heavy atom. The van der Waals surface area contributed by atoms with E-state index in [1.165, 1.54) is 11.1 Å². The van der Waals surface area contributed by atoms with E-state index in [2.05, 4.69) is 31.2 Å². The quantitative estimate of drug-likeness (QED) is 0.818. The predicted molar refractivity (Wildman–Crippen MR) is 110 cm³/mol. The molecule has 0 N–H and O–H groups in total. The van der Waals surface area contributed by atoms with Crippen molar-refractivity contribution in [2.45, 2.75) is 39.2 Å². The molecule has 0 aromatic heterocycles. The molecule has 0 bridgehead atoms. The summed E-state index contributed by atoms with van der Waals surface area (Å²) in [6.07, 6.45) is 2.94. The van der Waals surface area contributed by atoms with E-state index in [0.717, 1.165) is 31.4 Å². The van der Waals surface area contributed by atoms with E-state index < -0.39 is 0 Å². The molecule has 0 aliphatic carbocycles. The normalized spacial score (nSPS) is 18.7. The first kappa shape index (κ1) is 18.7. The Morgan fingerprint density at radius 1 is 0.929 bits per heavy atom. The Bertz CT molecular complexity index is 854. The van der Waals surface area contributed by atoms with Gasteiger partial charge in [0.15, 0.2) is 0 Å². The molecule has 146 valence electrons. The van der Waals surface area contributed by atoms with E-state index in [9.17, 15) is 9.59 Å². The summed E-state index contributed by atoms with van der Waals surface area (Å²) in [4.78, 5) is 29.7. The van der Waals surface area contributed by atoms with E-state index in [-0.39, 0.29) is 17.2 Å². The molecule has 2 fully saturated rings. The Kier molecular flexibility index (Phi) is 5.21. The van der Waals surface area contributed by atoms with Crippen molar-refractivity contribution in [3.63, 3.8) is 0 Å². The molecule has 2 aliphatic heterocycles. The highest BCUT2D eigenvalue weighted by molar-refractivity contribution is 5.85. The summed E-state index contributed by atoms with van der Waals surface area (Å²) in [5.41, 5.74) is 3.21. The molecule has 1 spiro atoms. The van der Waals surface area contributed by atoms with Crippen molar-refractivity contribution in [3.8, 4) is 0 Å². The van der Waals surface area contributed by atoms with Crippen molar-refractivity contribution >= 4 is 11.8 Å². The number of amides is 2. The number of likely N-dealkylation sites (tertiary alicyclic amines) is 2. The van der Waals surface area contributed by atoms with Gasteiger partial charge in [-0.25, -0.2) is 0 Å². The van der Waals surface area contributed by atoms with E-state index in [1.54, 1.807) is 0 Å². The number of rotatable bonds is 4. The SMILES string of the molecule is Cc1cccc(CN2CCC3(CCN(C(=O)Cc4ccccc4)CC3)C2=O)c1. The molecule has 0 radical (unpaired) electrons. The molecule has 2 aliphatic rings. The minimum Gasteiger partial charge on any atom is -0.342 e. The number of hydrogen-bond donors (Lipinski definition) is 0. The molecule has 4 heteroatoms. The minimum absolute atomic E-state index is 0.170. The molecule has 2 aromatic carbocycles. The lowest BCUT2D eigenvalue weighted by Gasteiger charge is -2.38. The van der Waals surface area contributed by atoms with Crippen LogP contribution in [0.15, 0.2) is 54.6 Å². The number of carbonyl (C=O) groups excluding carboxylic acids is 2. The van der Waals surface area contributed by atoms with E-state index in [4.69, 9.17) is 0 Å². The molecule has 2 aromatic rings. The van der Waals surface area contributed by atoms with E-state index in [1.807, 2.05) is 40.1 Å². The van der Waals surface area contributed by atoms with Crippen molar-refractivity contribution < 1.29 is 9.59 Å². The van der Waals surface area contributed by atoms with Crippen molar-refractivity contribution in [1.29, 1.82) is 0 Å². The van der Waals surface area contributed by atoms with Crippen LogP contribution in [0.5, 0.6) is 0 Å². The first-order valence-corrected chi connectivity index (χ1v) is 10.2. The standard InChI is InChI=1S/C24H28N2O2/c1-19-6-5-9-21(16-19)18-26-15-12-24(23(26)28)10-13-25(14-11-24)22(27)17-20-7-3-2-4-8-20/h2-9,16H,10-15,17-18H2,1H3. The highest BCUT2D eigenvalue weighted by atomic mass is 16.2. The zero-order valence-electron chi connectivity index (χ0n) is 16.6. The van der Waals surface area contributed by atoms with E-state index in [0.29, 0.717) is 26.1 Å². The monoisotopic (exact) mass is 376 g/mol. The lowest BCUT2D eigenvalue weighted by molar-refractivity contribution is -0.142. The smallest absolute Gasteiger partial charge is 0.229 e. The fraction of sp³-hybridized carbons (Fsp3) is 0.417. The van der Waals surface area contributed by atoms with Gasteiger partial charge in [-0.3, -0.25) is 9.59 Å². The first-order chi connectivity index (χ1) is 13.6. The lowest BCUT2D eigenvalue weighted by atomic mass is 9.77. The number of benzene rings is 2. The van der Waals surface area contributed by atoms with Crippen LogP contribution in [0.3, 0.4) is 0 Å². The highest BCUT2D eigenvalue weighted by Gasteiger charge is 2.48. The molecule has 0 unspecified atom stereocenters. The topological polar surface area (TPSA) is 40.6 Å². The molecule has 4 rings (SSSR count). The maximum absolute atomic E-state index is 13.2. The molecule has 2 heterocycles. The Hall–Kier alpha value is -2.62. The number of nitrogens with zero attached hydrogens (tertiary/aromatic N) is 2. The summed E-state index contributed by atoms with van der Waals surface area (Å²) in [6.45, 7) is 4.98. The summed E-state index contributed by atoms with van der Waals surface area (Å²) in [7, 11) is 0. The van der Waals surface area contributed by atoms with Crippen LogP contribution >= 0.6 is 0 Å². The fourth-order valence-electron chi connectivity index (χ4n) is 4.60. The van der Waals surface area contributed by atoms with Crippen molar-refractivity contribution in [3.05, 3.63) is 71.3 Å². The van der Waals surface area contributed by atoms with Gasteiger partial charge in [-0.15, -0.1) is 0 Å². The largest absolute Gasteiger partial charge is 0.342 e. The van der Waals surface area contributed by atoms with E-state index >= 15 is 0 Å². The summed E-state index contributed by atoms with van der Waals surface area (Å²) in [5.74, 6) is 0.451. The van der Waals surface area contributed by atoms with Crippen LogP contribution in [0.4, 0.5) is 0 Å². The van der Waals surface area contributed by atoms with Gasteiger partial charge in [-0.1, -0.05) is 60.2 Å². The van der Waals surface area contributed by atoms with Gasteiger partial charge in [0.05, 0.1) is 11.8 Å². The third-order valence-corrected chi connectivity index (χ3v) is 6.33. The number of aryl methyl sites for hydroxylation is 1. The average molecular weight is 377 g/mol. The van der Waals surface area contributed by atoms with Gasteiger partial charge in [0.25, 0.3) is 0 Å². The summed E-state index contributed by atoms with van der Waals surface area (Å²) >= 11 is 0. The predicted octanol–water partition coefficient (Wildman–Crippen LogP) is 3.58. The molecule has 0 saturated carbocycles. The Morgan fingerprint density at radius 3 is 2.32 bits per heavy atom. The third kappa shape index (κ3) is 3.82. The second-order valence-electron chi connectivity index (χ2n) is 8.29. The number of carbonyl (C=O) groups is 2. The number of hydrogen-bond acceptors (Lipinski definition) is 2. The van der Waals surface area contributed by atoms with Gasteiger partial charge in [0.1, 0.15) is 0 Å². The molecule has 2 saturated heterocycles. The second-order valence-corrected chi connectivity index (χ2v) is 8.29. The van der Waals surface area contributed by atoms with Gasteiger partial charge in [-0.2, -0.15) is 0 Å². The Balaban J connectivity index is 1.35. The second kappa shape index (κ2) is 7.78.